The highest BCUT2D eigenvalue weighted by atomic mass is 16.6. The molecule has 0 N–H and O–H groups in total. The number of aryl methyl sites for hydroxylation is 1. The van der Waals surface area contributed by atoms with Crippen LogP contribution in [0.25, 0.3) is 11.1 Å². The first-order chi connectivity index (χ1) is 13.8. The van der Waals surface area contributed by atoms with Crippen LogP contribution in [0, 0.1) is 16.0 Å². The van der Waals surface area contributed by atoms with E-state index in [-0.39, 0.29) is 36.7 Å². The second-order valence-electron chi connectivity index (χ2n) is 6.90. The van der Waals surface area contributed by atoms with Crippen molar-refractivity contribution in [1.82, 2.24) is 14.7 Å². The van der Waals surface area contributed by atoms with E-state index in [1.807, 2.05) is 13.8 Å². The number of rotatable bonds is 9. The minimum Gasteiger partial charge on any atom is -0.456 e. The molecule has 0 fully saturated rings. The Morgan fingerprint density at radius 2 is 2.17 bits per heavy atom. The molecule has 11 heteroatoms. The molecule has 1 aromatic carbocycles. The Morgan fingerprint density at radius 1 is 1.38 bits per heavy atom. The summed E-state index contributed by atoms with van der Waals surface area (Å²) in [7, 11) is 0. The first-order valence-corrected chi connectivity index (χ1v) is 9.08. The maximum absolute atomic E-state index is 12.0. The zero-order chi connectivity index (χ0) is 21.0. The molecule has 0 atom stereocenters. The van der Waals surface area contributed by atoms with Crippen molar-refractivity contribution in [3.8, 4) is 0 Å². The van der Waals surface area contributed by atoms with Crippen LogP contribution in [0.2, 0.25) is 0 Å². The molecule has 0 unspecified atom stereocenters. The average molecular weight is 404 g/mol. The van der Waals surface area contributed by atoms with E-state index in [0.29, 0.717) is 30.1 Å². The number of aromatic nitrogens is 3. The minimum atomic E-state index is -0.641. The number of ether oxygens (including phenoxy) is 1. The molecule has 3 rings (SSSR count). The quantitative estimate of drug-likeness (QED) is 0.298. The van der Waals surface area contributed by atoms with Gasteiger partial charge in [-0.25, -0.2) is 4.79 Å². The van der Waals surface area contributed by atoms with Gasteiger partial charge in [0.2, 0.25) is 0 Å². The summed E-state index contributed by atoms with van der Waals surface area (Å²) < 4.78 is 16.5. The lowest BCUT2D eigenvalue weighted by Crippen LogP contribution is -2.15. The van der Waals surface area contributed by atoms with Gasteiger partial charge in [-0.3, -0.25) is 19.5 Å². The number of esters is 1. The topological polar surface area (TPSA) is 144 Å². The first kappa shape index (κ1) is 20.2. The molecule has 11 nitrogen and oxygen atoms in total. The highest BCUT2D eigenvalue weighted by Gasteiger charge is 2.15. The van der Waals surface area contributed by atoms with Gasteiger partial charge in [-0.05, 0) is 18.4 Å². The maximum Gasteiger partial charge on any atom is 0.419 e. The van der Waals surface area contributed by atoms with E-state index >= 15 is 0 Å². The highest BCUT2D eigenvalue weighted by Crippen LogP contribution is 2.20. The summed E-state index contributed by atoms with van der Waals surface area (Å²) in [5, 5.41) is 14.6. The molecule has 0 amide bonds. The molecule has 154 valence electrons. The van der Waals surface area contributed by atoms with Crippen molar-refractivity contribution in [2.45, 2.75) is 46.3 Å². The zero-order valence-corrected chi connectivity index (χ0v) is 16.0. The first-order valence-electron chi connectivity index (χ1n) is 9.08. The van der Waals surface area contributed by atoms with Crippen LogP contribution in [0.5, 0.6) is 0 Å². The summed E-state index contributed by atoms with van der Waals surface area (Å²) in [6.45, 7) is 4.16. The van der Waals surface area contributed by atoms with Gasteiger partial charge in [0.25, 0.3) is 11.6 Å². The summed E-state index contributed by atoms with van der Waals surface area (Å²) >= 11 is 0. The SMILES string of the molecule is CC(C)Cc1noc(COC(=O)CCCn2c(=O)oc3cc([N+](=O)[O-])ccc32)n1. The number of hydrogen-bond acceptors (Lipinski definition) is 9. The van der Waals surface area contributed by atoms with E-state index in [4.69, 9.17) is 13.7 Å². The van der Waals surface area contributed by atoms with Crippen molar-refractivity contribution in [3.63, 3.8) is 0 Å². The highest BCUT2D eigenvalue weighted by molar-refractivity contribution is 5.75. The van der Waals surface area contributed by atoms with Crippen LogP contribution in [0.1, 0.15) is 38.4 Å². The Balaban J connectivity index is 1.51. The number of hydrogen-bond donors (Lipinski definition) is 0. The number of nitro groups is 1. The van der Waals surface area contributed by atoms with Gasteiger partial charge in [-0.1, -0.05) is 19.0 Å². The number of fused-ring (bicyclic) bond motifs is 1. The lowest BCUT2D eigenvalue weighted by Gasteiger charge is -2.03. The number of non-ortho nitro benzene ring substituents is 1. The summed E-state index contributed by atoms with van der Waals surface area (Å²) in [5.74, 6) is 0.0733. The number of nitro benzene ring substituents is 1. The van der Waals surface area contributed by atoms with Crippen molar-refractivity contribution in [2.75, 3.05) is 0 Å². The fourth-order valence-corrected chi connectivity index (χ4v) is 2.77. The number of carbonyl (C=O) groups excluding carboxylic acids is 1. The molecule has 0 saturated heterocycles. The fourth-order valence-electron chi connectivity index (χ4n) is 2.77. The second kappa shape index (κ2) is 8.67. The second-order valence-corrected chi connectivity index (χ2v) is 6.90. The normalized spacial score (nSPS) is 11.3. The standard InChI is InChI=1S/C18H20N4O7/c1-11(2)8-15-19-16(29-20-15)10-27-17(23)4-3-7-21-13-6-5-12(22(25)26)9-14(13)28-18(21)24/h5-6,9,11H,3-4,7-8,10H2,1-2H3. The molecule has 0 aliphatic heterocycles. The molecule has 0 aliphatic carbocycles. The van der Waals surface area contributed by atoms with Crippen LogP contribution in [0.15, 0.2) is 31.9 Å². The van der Waals surface area contributed by atoms with Crippen molar-refractivity contribution in [1.29, 1.82) is 0 Å². The molecule has 0 radical (unpaired) electrons. The predicted molar refractivity (Wildman–Crippen MR) is 99.0 cm³/mol. The Labute approximate surface area is 164 Å². The van der Waals surface area contributed by atoms with Gasteiger partial charge >= 0.3 is 11.7 Å². The van der Waals surface area contributed by atoms with Gasteiger partial charge in [0, 0.05) is 25.5 Å². The average Bonchev–Trinajstić information content (AvgIpc) is 3.22. The third-order valence-corrected chi connectivity index (χ3v) is 4.08. The number of oxazole rings is 1. The molecule has 0 saturated carbocycles. The van der Waals surface area contributed by atoms with Gasteiger partial charge in [0.05, 0.1) is 16.5 Å². The molecule has 0 spiro atoms. The molecule has 2 aromatic heterocycles. The van der Waals surface area contributed by atoms with Crippen molar-refractivity contribution >= 4 is 22.8 Å². The summed E-state index contributed by atoms with van der Waals surface area (Å²) in [6.07, 6.45) is 1.07. The van der Waals surface area contributed by atoms with Crippen LogP contribution in [0.4, 0.5) is 5.69 Å². The van der Waals surface area contributed by atoms with E-state index < -0.39 is 16.6 Å². The van der Waals surface area contributed by atoms with Gasteiger partial charge < -0.3 is 13.7 Å². The zero-order valence-electron chi connectivity index (χ0n) is 16.0. The summed E-state index contributed by atoms with van der Waals surface area (Å²) in [6, 6.07) is 3.93. The smallest absolute Gasteiger partial charge is 0.419 e. The largest absolute Gasteiger partial charge is 0.456 e. The van der Waals surface area contributed by atoms with E-state index in [0.717, 1.165) is 0 Å². The Morgan fingerprint density at radius 3 is 2.90 bits per heavy atom. The molecule has 2 heterocycles. The van der Waals surface area contributed by atoms with Crippen molar-refractivity contribution in [2.24, 2.45) is 5.92 Å². The summed E-state index contributed by atoms with van der Waals surface area (Å²) in [5.41, 5.74) is 0.387. The molecule has 29 heavy (non-hydrogen) atoms. The Kier molecular flexibility index (Phi) is 6.05. The Bertz CT molecular complexity index is 1080. The number of nitrogens with zero attached hydrogens (tertiary/aromatic N) is 4. The van der Waals surface area contributed by atoms with Gasteiger partial charge in [0.1, 0.15) is 0 Å². The number of benzene rings is 1. The monoisotopic (exact) mass is 404 g/mol. The number of carbonyl (C=O) groups is 1. The van der Waals surface area contributed by atoms with Crippen LogP contribution in [-0.4, -0.2) is 25.6 Å². The third-order valence-electron chi connectivity index (χ3n) is 4.08. The molecule has 0 aliphatic rings. The third kappa shape index (κ3) is 5.06. The lowest BCUT2D eigenvalue weighted by atomic mass is 10.1. The van der Waals surface area contributed by atoms with Crippen LogP contribution in [-0.2, 0) is 29.1 Å². The molecular formula is C18H20N4O7. The minimum absolute atomic E-state index is 0.0685. The summed E-state index contributed by atoms with van der Waals surface area (Å²) in [4.78, 5) is 38.3. The van der Waals surface area contributed by atoms with Gasteiger partial charge in [-0.2, -0.15) is 4.98 Å². The lowest BCUT2D eigenvalue weighted by molar-refractivity contribution is -0.384. The van der Waals surface area contributed by atoms with E-state index in [2.05, 4.69) is 10.1 Å². The Hall–Kier alpha value is -3.50. The molecule has 0 bridgehead atoms. The van der Waals surface area contributed by atoms with Gasteiger partial charge in [-0.15, -0.1) is 0 Å². The van der Waals surface area contributed by atoms with Crippen LogP contribution in [0.3, 0.4) is 0 Å². The van der Waals surface area contributed by atoms with Crippen LogP contribution >= 0.6 is 0 Å². The van der Waals surface area contributed by atoms with Gasteiger partial charge in [0.15, 0.2) is 18.0 Å². The van der Waals surface area contributed by atoms with Crippen LogP contribution < -0.4 is 5.76 Å². The predicted octanol–water partition coefficient (Wildman–Crippen LogP) is 2.61. The van der Waals surface area contributed by atoms with E-state index in [1.54, 1.807) is 0 Å². The van der Waals surface area contributed by atoms with E-state index in [1.165, 1.54) is 22.8 Å². The van der Waals surface area contributed by atoms with Crippen molar-refractivity contribution < 1.29 is 23.4 Å². The van der Waals surface area contributed by atoms with E-state index in [9.17, 15) is 19.7 Å². The van der Waals surface area contributed by atoms with Crippen molar-refractivity contribution in [3.05, 3.63) is 50.6 Å². The maximum atomic E-state index is 12.0. The molecular weight excluding hydrogens is 384 g/mol. The molecule has 3 aromatic rings. The fraction of sp³-hybridized carbons (Fsp3) is 0.444.